The van der Waals surface area contributed by atoms with Crippen molar-refractivity contribution in [3.8, 4) is 0 Å². The van der Waals surface area contributed by atoms with Crippen molar-refractivity contribution < 1.29 is 4.79 Å². The van der Waals surface area contributed by atoms with E-state index in [0.29, 0.717) is 21.4 Å². The third kappa shape index (κ3) is 3.18. The molecule has 3 rings (SSSR count). The van der Waals surface area contributed by atoms with Crippen LogP contribution in [-0.4, -0.2) is 20.4 Å². The van der Waals surface area contributed by atoms with E-state index in [-0.39, 0.29) is 18.0 Å². The summed E-state index contributed by atoms with van der Waals surface area (Å²) in [4.78, 5) is 32.8. The molecule has 0 aliphatic heterocycles. The number of anilines is 1. The minimum Gasteiger partial charge on any atom is -0.300 e. The number of halogens is 1. The lowest BCUT2D eigenvalue weighted by Gasteiger charge is -2.07. The van der Waals surface area contributed by atoms with Crippen molar-refractivity contribution in [3.63, 3.8) is 0 Å². The second-order valence-electron chi connectivity index (χ2n) is 5.52. The van der Waals surface area contributed by atoms with E-state index in [2.05, 4.69) is 15.3 Å². The topological polar surface area (TPSA) is 76.9 Å². The van der Waals surface area contributed by atoms with Gasteiger partial charge in [-0.2, -0.15) is 0 Å². The zero-order valence-electron chi connectivity index (χ0n) is 13.4. The van der Waals surface area contributed by atoms with E-state index in [1.54, 1.807) is 13.8 Å². The second-order valence-corrected chi connectivity index (χ2v) is 6.99. The molecule has 0 aliphatic rings. The minimum absolute atomic E-state index is 0.109. The zero-order chi connectivity index (χ0) is 17.4. The van der Waals surface area contributed by atoms with Crippen LogP contribution in [0.2, 0.25) is 5.02 Å². The van der Waals surface area contributed by atoms with Gasteiger partial charge in [0.05, 0.1) is 16.5 Å². The maximum absolute atomic E-state index is 12.2. The number of carbonyl (C=O) groups excluding carboxylic acids is 1. The molecule has 0 radical (unpaired) electrons. The molecule has 0 spiro atoms. The highest BCUT2D eigenvalue weighted by molar-refractivity contribution is 7.22. The van der Waals surface area contributed by atoms with Crippen LogP contribution in [0.25, 0.3) is 10.2 Å². The first-order valence-electron chi connectivity index (χ1n) is 7.24. The number of nitrogens with one attached hydrogen (secondary N) is 1. The zero-order valence-corrected chi connectivity index (χ0v) is 15.0. The largest absolute Gasteiger partial charge is 0.300 e. The number of benzene rings is 1. The molecule has 124 valence electrons. The van der Waals surface area contributed by atoms with Crippen LogP contribution in [0, 0.1) is 20.8 Å². The Bertz CT molecular complexity index is 1010. The Labute approximate surface area is 147 Å². The molecule has 6 nitrogen and oxygen atoms in total. The third-order valence-electron chi connectivity index (χ3n) is 3.73. The Balaban J connectivity index is 1.82. The molecular formula is C16H15ClN4O2S. The number of amides is 1. The summed E-state index contributed by atoms with van der Waals surface area (Å²) in [5.74, 6) is -0.329. The smallest absolute Gasteiger partial charge is 0.256 e. The number of fused-ring (bicyclic) bond motifs is 1. The molecule has 0 unspecified atom stereocenters. The summed E-state index contributed by atoms with van der Waals surface area (Å²) in [6, 6.07) is 3.64. The average Bonchev–Trinajstić information content (AvgIpc) is 2.90. The number of aryl methyl sites for hydroxylation is 2. The van der Waals surface area contributed by atoms with E-state index in [1.165, 1.54) is 22.2 Å². The average molecular weight is 363 g/mol. The van der Waals surface area contributed by atoms with Gasteiger partial charge in [0.1, 0.15) is 6.54 Å². The van der Waals surface area contributed by atoms with Crippen LogP contribution in [0.1, 0.15) is 16.8 Å². The van der Waals surface area contributed by atoms with Gasteiger partial charge in [0, 0.05) is 16.3 Å². The molecule has 2 aromatic heterocycles. The Morgan fingerprint density at radius 3 is 2.83 bits per heavy atom. The molecule has 0 bridgehead atoms. The van der Waals surface area contributed by atoms with Gasteiger partial charge in [-0.25, -0.2) is 9.97 Å². The van der Waals surface area contributed by atoms with E-state index in [1.807, 2.05) is 19.1 Å². The van der Waals surface area contributed by atoms with Crippen molar-refractivity contribution in [1.29, 1.82) is 0 Å². The Hall–Kier alpha value is -2.25. The number of carbonyl (C=O) groups is 1. The van der Waals surface area contributed by atoms with Gasteiger partial charge in [-0.3, -0.25) is 14.2 Å². The molecule has 2 heterocycles. The third-order valence-corrected chi connectivity index (χ3v) is 4.86. The van der Waals surface area contributed by atoms with Crippen LogP contribution in [0.3, 0.4) is 0 Å². The molecule has 1 N–H and O–H groups in total. The van der Waals surface area contributed by atoms with Crippen molar-refractivity contribution in [3.05, 3.63) is 50.7 Å². The molecular weight excluding hydrogens is 348 g/mol. The Morgan fingerprint density at radius 2 is 2.08 bits per heavy atom. The Morgan fingerprint density at radius 1 is 1.33 bits per heavy atom. The lowest BCUT2D eigenvalue weighted by atomic mass is 10.2. The summed E-state index contributed by atoms with van der Waals surface area (Å²) in [7, 11) is 0. The van der Waals surface area contributed by atoms with Crippen LogP contribution < -0.4 is 10.9 Å². The maximum Gasteiger partial charge on any atom is 0.256 e. The predicted molar refractivity (Wildman–Crippen MR) is 96.0 cm³/mol. The van der Waals surface area contributed by atoms with Crippen LogP contribution >= 0.6 is 22.9 Å². The summed E-state index contributed by atoms with van der Waals surface area (Å²) >= 11 is 7.38. The van der Waals surface area contributed by atoms with Crippen LogP contribution in [0.5, 0.6) is 0 Å². The van der Waals surface area contributed by atoms with Crippen molar-refractivity contribution in [2.24, 2.45) is 0 Å². The summed E-state index contributed by atoms with van der Waals surface area (Å²) in [6.45, 7) is 5.26. The number of nitrogens with zero attached hydrogens (tertiary/aromatic N) is 3. The normalized spacial score (nSPS) is 11.0. The molecule has 1 aromatic carbocycles. The number of aromatic nitrogens is 3. The molecule has 3 aromatic rings. The van der Waals surface area contributed by atoms with Crippen LogP contribution in [0.4, 0.5) is 5.13 Å². The van der Waals surface area contributed by atoms with E-state index < -0.39 is 0 Å². The van der Waals surface area contributed by atoms with Gasteiger partial charge < -0.3 is 5.32 Å². The summed E-state index contributed by atoms with van der Waals surface area (Å²) in [5.41, 5.74) is 2.74. The fourth-order valence-corrected chi connectivity index (χ4v) is 3.65. The molecule has 0 fully saturated rings. The quantitative estimate of drug-likeness (QED) is 0.776. The van der Waals surface area contributed by atoms with Gasteiger partial charge in [0.15, 0.2) is 5.13 Å². The number of hydrogen-bond acceptors (Lipinski definition) is 5. The van der Waals surface area contributed by atoms with Gasteiger partial charge >= 0.3 is 0 Å². The van der Waals surface area contributed by atoms with Gasteiger partial charge in [-0.15, -0.1) is 0 Å². The van der Waals surface area contributed by atoms with Gasteiger partial charge in [0.25, 0.3) is 5.56 Å². The minimum atomic E-state index is -0.329. The monoisotopic (exact) mass is 362 g/mol. The highest BCUT2D eigenvalue weighted by atomic mass is 35.5. The fourth-order valence-electron chi connectivity index (χ4n) is 2.31. The molecule has 0 saturated heterocycles. The van der Waals surface area contributed by atoms with E-state index >= 15 is 0 Å². The lowest BCUT2D eigenvalue weighted by Crippen LogP contribution is -2.29. The van der Waals surface area contributed by atoms with Gasteiger partial charge in [-0.05, 0) is 38.5 Å². The summed E-state index contributed by atoms with van der Waals surface area (Å²) in [5, 5.41) is 3.84. The number of thiazole rings is 1. The first-order valence-corrected chi connectivity index (χ1v) is 8.44. The molecule has 0 aliphatic carbocycles. The lowest BCUT2D eigenvalue weighted by molar-refractivity contribution is -0.116. The number of rotatable bonds is 3. The molecule has 0 saturated carbocycles. The first kappa shape index (κ1) is 16.6. The van der Waals surface area contributed by atoms with Crippen LogP contribution in [0.15, 0.2) is 23.3 Å². The van der Waals surface area contributed by atoms with Crippen molar-refractivity contribution >= 4 is 44.2 Å². The van der Waals surface area contributed by atoms with Crippen molar-refractivity contribution in [2.45, 2.75) is 27.3 Å². The molecule has 0 atom stereocenters. The van der Waals surface area contributed by atoms with Crippen LogP contribution in [-0.2, 0) is 11.3 Å². The second kappa shape index (κ2) is 6.33. The van der Waals surface area contributed by atoms with Crippen molar-refractivity contribution in [1.82, 2.24) is 14.5 Å². The first-order chi connectivity index (χ1) is 11.3. The molecule has 1 amide bonds. The van der Waals surface area contributed by atoms with E-state index in [0.717, 1.165) is 15.8 Å². The molecule has 8 heteroatoms. The predicted octanol–water partition coefficient (Wildman–Crippen LogP) is 3.07. The fraction of sp³-hybridized carbons (Fsp3) is 0.250. The Kier molecular flexibility index (Phi) is 4.38. The van der Waals surface area contributed by atoms with E-state index in [9.17, 15) is 9.59 Å². The van der Waals surface area contributed by atoms with Crippen molar-refractivity contribution in [2.75, 3.05) is 5.32 Å². The summed E-state index contributed by atoms with van der Waals surface area (Å²) < 4.78 is 2.19. The maximum atomic E-state index is 12.2. The van der Waals surface area contributed by atoms with Gasteiger partial charge in [0.2, 0.25) is 5.91 Å². The SMILES string of the molecule is Cc1ncn(CC(=O)Nc2nc3c(C)cc(Cl)cc3s2)c(=O)c1C. The standard InChI is InChI=1S/C16H15ClN4O2S/c1-8-4-11(17)5-12-14(8)20-16(24-12)19-13(22)6-21-7-18-10(3)9(2)15(21)23/h4-5,7H,6H2,1-3H3,(H,19,20,22). The summed E-state index contributed by atoms with van der Waals surface area (Å²) in [6.07, 6.45) is 1.38. The van der Waals surface area contributed by atoms with E-state index in [4.69, 9.17) is 11.6 Å². The highest BCUT2D eigenvalue weighted by Crippen LogP contribution is 2.30. The number of hydrogen-bond donors (Lipinski definition) is 1. The van der Waals surface area contributed by atoms with Gasteiger partial charge in [-0.1, -0.05) is 22.9 Å². The molecule has 24 heavy (non-hydrogen) atoms. The highest BCUT2D eigenvalue weighted by Gasteiger charge is 2.12.